The third kappa shape index (κ3) is 8.95. The van der Waals surface area contributed by atoms with Crippen molar-refractivity contribution in [2.75, 3.05) is 24.2 Å². The van der Waals surface area contributed by atoms with Gasteiger partial charge in [0, 0.05) is 36.2 Å². The second-order valence-electron chi connectivity index (χ2n) is 11.0. The zero-order valence-corrected chi connectivity index (χ0v) is 26.8. The molecule has 45 heavy (non-hydrogen) atoms. The molecule has 1 aliphatic rings. The lowest BCUT2D eigenvalue weighted by molar-refractivity contribution is -0.384. The number of amides is 2. The van der Waals surface area contributed by atoms with Gasteiger partial charge in [0.05, 0.1) is 18.3 Å². The summed E-state index contributed by atoms with van der Waals surface area (Å²) >= 11 is 6.51. The zero-order chi connectivity index (χ0) is 32.6. The summed E-state index contributed by atoms with van der Waals surface area (Å²) in [4.78, 5) is 40.6. The van der Waals surface area contributed by atoms with Crippen LogP contribution >= 0.6 is 11.6 Å². The minimum Gasteiger partial charge on any atom is -0.495 e. The van der Waals surface area contributed by atoms with Crippen molar-refractivity contribution in [1.82, 2.24) is 10.2 Å². The highest BCUT2D eigenvalue weighted by Gasteiger charge is 2.35. The number of carbonyl (C=O) groups excluding carboxylic acids is 2. The molecule has 11 nitrogen and oxygen atoms in total. The van der Waals surface area contributed by atoms with Gasteiger partial charge in [0.25, 0.3) is 5.69 Å². The minimum absolute atomic E-state index is 0.0207. The predicted octanol–water partition coefficient (Wildman–Crippen LogP) is 5.11. The molecule has 240 valence electrons. The molecule has 0 spiro atoms. The van der Waals surface area contributed by atoms with Crippen molar-refractivity contribution < 1.29 is 27.7 Å². The minimum atomic E-state index is -4.17. The number of methoxy groups -OCH3 is 1. The van der Waals surface area contributed by atoms with Crippen LogP contribution in [0.3, 0.4) is 0 Å². The smallest absolute Gasteiger partial charge is 0.271 e. The first-order chi connectivity index (χ1) is 21.5. The Bertz CT molecular complexity index is 1610. The third-order valence-electron chi connectivity index (χ3n) is 7.84. The number of nitrogens with one attached hydrogen (secondary N) is 1. The van der Waals surface area contributed by atoms with Gasteiger partial charge in [-0.05, 0) is 36.1 Å². The van der Waals surface area contributed by atoms with E-state index in [-0.39, 0.29) is 42.0 Å². The topological polar surface area (TPSA) is 139 Å². The van der Waals surface area contributed by atoms with Crippen LogP contribution in [0.15, 0.2) is 72.8 Å². The van der Waals surface area contributed by atoms with E-state index in [4.69, 9.17) is 16.3 Å². The largest absolute Gasteiger partial charge is 0.495 e. The van der Waals surface area contributed by atoms with E-state index in [2.05, 4.69) is 5.32 Å². The molecule has 4 rings (SSSR count). The van der Waals surface area contributed by atoms with E-state index in [1.54, 1.807) is 24.3 Å². The van der Waals surface area contributed by atoms with Crippen molar-refractivity contribution in [3.63, 3.8) is 0 Å². The number of rotatable bonds is 13. The quantitative estimate of drug-likeness (QED) is 0.199. The summed E-state index contributed by atoms with van der Waals surface area (Å²) in [6.07, 6.45) is 5.80. The molecule has 0 unspecified atom stereocenters. The van der Waals surface area contributed by atoms with E-state index in [0.29, 0.717) is 10.6 Å². The maximum Gasteiger partial charge on any atom is 0.271 e. The molecule has 0 bridgehead atoms. The second-order valence-corrected chi connectivity index (χ2v) is 13.4. The van der Waals surface area contributed by atoms with E-state index in [0.717, 1.165) is 54.3 Å². The van der Waals surface area contributed by atoms with E-state index in [9.17, 15) is 28.1 Å². The van der Waals surface area contributed by atoms with Crippen molar-refractivity contribution >= 4 is 44.8 Å². The SMILES string of the molecule is COc1ccc([N+](=O)[O-])cc1N(CC(=O)N(Cc1ccccc1Cl)[C@H](Cc1ccccc1)C(=O)NC1CCCCC1)S(C)(=O)=O. The van der Waals surface area contributed by atoms with Crippen molar-refractivity contribution in [2.24, 2.45) is 0 Å². The maximum atomic E-state index is 14.4. The molecular formula is C32H37ClN4O7S. The highest BCUT2D eigenvalue weighted by Crippen LogP contribution is 2.34. The van der Waals surface area contributed by atoms with E-state index in [1.807, 2.05) is 30.3 Å². The maximum absolute atomic E-state index is 14.4. The molecule has 3 aromatic rings. The first-order valence-electron chi connectivity index (χ1n) is 14.6. The molecule has 0 radical (unpaired) electrons. The molecule has 1 aliphatic carbocycles. The van der Waals surface area contributed by atoms with Crippen LogP contribution in [0, 0.1) is 10.1 Å². The summed E-state index contributed by atoms with van der Waals surface area (Å²) in [5, 5.41) is 15.1. The standard InChI is InChI=1S/C32H37ClN4O7S/c1-44-30-18-17-26(37(40)41)20-28(30)36(45(2,42)43)22-31(38)35(21-24-13-9-10-16-27(24)33)29(19-23-11-5-3-6-12-23)32(39)34-25-14-7-4-8-15-25/h3,5-6,9-13,16-18,20,25,29H,4,7-8,14-15,19,21-22H2,1-2H3,(H,34,39)/t29-/m1/s1. The number of benzene rings is 3. The molecule has 13 heteroatoms. The van der Waals surface area contributed by atoms with Crippen LogP contribution in [0.2, 0.25) is 5.02 Å². The van der Waals surface area contributed by atoms with Crippen LogP contribution in [-0.2, 0) is 32.6 Å². The van der Waals surface area contributed by atoms with Crippen molar-refractivity contribution in [1.29, 1.82) is 0 Å². The Labute approximate surface area is 268 Å². The summed E-state index contributed by atoms with van der Waals surface area (Å²) in [5.41, 5.74) is 0.814. The number of carbonyl (C=O) groups is 2. The van der Waals surface area contributed by atoms with Gasteiger partial charge in [-0.25, -0.2) is 8.42 Å². The molecule has 0 heterocycles. The Morgan fingerprint density at radius 1 is 1.04 bits per heavy atom. The number of sulfonamides is 1. The fraction of sp³-hybridized carbons (Fsp3) is 0.375. The monoisotopic (exact) mass is 656 g/mol. The van der Waals surface area contributed by atoms with Gasteiger partial charge in [-0.2, -0.15) is 0 Å². The average molecular weight is 657 g/mol. The zero-order valence-electron chi connectivity index (χ0n) is 25.2. The van der Waals surface area contributed by atoms with Crippen LogP contribution in [0.5, 0.6) is 5.75 Å². The molecule has 1 N–H and O–H groups in total. The lowest BCUT2D eigenvalue weighted by Crippen LogP contribution is -2.55. The summed E-state index contributed by atoms with van der Waals surface area (Å²) in [6.45, 7) is -0.833. The Morgan fingerprint density at radius 2 is 1.71 bits per heavy atom. The molecular weight excluding hydrogens is 620 g/mol. The molecule has 1 atom stereocenters. The normalized spacial score (nSPS) is 14.3. The first-order valence-corrected chi connectivity index (χ1v) is 16.9. The van der Waals surface area contributed by atoms with Gasteiger partial charge in [-0.3, -0.25) is 24.0 Å². The van der Waals surface area contributed by atoms with Crippen LogP contribution in [0.25, 0.3) is 0 Å². The second kappa shape index (κ2) is 15.2. The van der Waals surface area contributed by atoms with Crippen LogP contribution in [0.1, 0.15) is 43.2 Å². The third-order valence-corrected chi connectivity index (χ3v) is 9.34. The summed E-state index contributed by atoms with van der Waals surface area (Å²) < 4.78 is 32.4. The summed E-state index contributed by atoms with van der Waals surface area (Å²) in [6, 6.07) is 18.6. The number of ether oxygens (including phenoxy) is 1. The molecule has 0 aromatic heterocycles. The van der Waals surface area contributed by atoms with Crippen LogP contribution in [0.4, 0.5) is 11.4 Å². The molecule has 2 amide bonds. The van der Waals surface area contributed by atoms with Crippen LogP contribution < -0.4 is 14.4 Å². The Balaban J connectivity index is 1.78. The van der Waals surface area contributed by atoms with E-state index in [1.165, 1.54) is 24.1 Å². The molecule has 1 fully saturated rings. The van der Waals surface area contributed by atoms with Crippen molar-refractivity contribution in [2.45, 2.75) is 57.2 Å². The Kier molecular flexibility index (Phi) is 11.4. The van der Waals surface area contributed by atoms with E-state index < -0.39 is 33.4 Å². The van der Waals surface area contributed by atoms with Crippen molar-refractivity contribution in [3.05, 3.63) is 99.1 Å². The molecule has 1 saturated carbocycles. The van der Waals surface area contributed by atoms with Gasteiger partial charge in [-0.1, -0.05) is 79.4 Å². The number of nitrogens with zero attached hydrogens (tertiary/aromatic N) is 3. The Morgan fingerprint density at radius 3 is 2.33 bits per heavy atom. The van der Waals surface area contributed by atoms with Gasteiger partial charge >= 0.3 is 0 Å². The lowest BCUT2D eigenvalue weighted by atomic mass is 9.94. The highest BCUT2D eigenvalue weighted by atomic mass is 35.5. The summed E-state index contributed by atoms with van der Waals surface area (Å²) in [5.74, 6) is -1.04. The van der Waals surface area contributed by atoms with E-state index >= 15 is 0 Å². The number of halogens is 1. The number of nitro benzene ring substituents is 1. The number of anilines is 1. The average Bonchev–Trinajstić information content (AvgIpc) is 3.02. The fourth-order valence-corrected chi connectivity index (χ4v) is 6.53. The van der Waals surface area contributed by atoms with Gasteiger partial charge in [-0.15, -0.1) is 0 Å². The summed E-state index contributed by atoms with van der Waals surface area (Å²) in [7, 11) is -2.88. The van der Waals surface area contributed by atoms with Gasteiger partial charge in [0.1, 0.15) is 24.0 Å². The highest BCUT2D eigenvalue weighted by molar-refractivity contribution is 7.92. The first kappa shape index (κ1) is 33.7. The van der Waals surface area contributed by atoms with Crippen LogP contribution in [-0.4, -0.2) is 62.0 Å². The van der Waals surface area contributed by atoms with Crippen molar-refractivity contribution in [3.8, 4) is 5.75 Å². The van der Waals surface area contributed by atoms with Gasteiger partial charge in [0.2, 0.25) is 21.8 Å². The predicted molar refractivity (Wildman–Crippen MR) is 173 cm³/mol. The fourth-order valence-electron chi connectivity index (χ4n) is 5.49. The van der Waals surface area contributed by atoms with Gasteiger partial charge in [0.15, 0.2) is 0 Å². The lowest BCUT2D eigenvalue weighted by Gasteiger charge is -2.35. The molecule has 3 aromatic carbocycles. The Hall–Kier alpha value is -4.16. The number of nitro groups is 1. The number of hydrogen-bond donors (Lipinski definition) is 1. The number of non-ortho nitro benzene ring substituents is 1. The van der Waals surface area contributed by atoms with Gasteiger partial charge < -0.3 is 15.0 Å². The molecule has 0 aliphatic heterocycles. The molecule has 0 saturated heterocycles. The number of hydrogen-bond acceptors (Lipinski definition) is 7.